The number of hydrogen-bond donors (Lipinski definition) is 1. The van der Waals surface area contributed by atoms with Crippen LogP contribution in [0.2, 0.25) is 0 Å². The summed E-state index contributed by atoms with van der Waals surface area (Å²) in [5, 5.41) is 9.35. The zero-order chi connectivity index (χ0) is 13.3. The van der Waals surface area contributed by atoms with Crippen molar-refractivity contribution < 1.29 is 18.7 Å². The molecule has 1 fully saturated rings. The Bertz CT molecular complexity index is 473. The van der Waals surface area contributed by atoms with Crippen molar-refractivity contribution in [2.45, 2.75) is 18.9 Å². The van der Waals surface area contributed by atoms with Gasteiger partial charge in [-0.15, -0.1) is 0 Å². The van der Waals surface area contributed by atoms with Gasteiger partial charge in [0.1, 0.15) is 11.6 Å². The summed E-state index contributed by atoms with van der Waals surface area (Å²) < 4.78 is 26.9. The predicted molar refractivity (Wildman–Crippen MR) is 70.2 cm³/mol. The van der Waals surface area contributed by atoms with Gasteiger partial charge in [0.05, 0.1) is 11.7 Å². The molecular weight excluding hydrogens is 355 g/mol. The Morgan fingerprint density at radius 3 is 2.50 bits per heavy atom. The first-order valence-corrected chi connectivity index (χ1v) is 6.69. The molecule has 0 spiro atoms. The number of aliphatic hydroxyl groups excluding tert-OH is 1. The van der Waals surface area contributed by atoms with E-state index < -0.39 is 23.6 Å². The second kappa shape index (κ2) is 5.48. The molecule has 1 aromatic rings. The van der Waals surface area contributed by atoms with E-state index >= 15 is 0 Å². The largest absolute Gasteiger partial charge is 0.393 e. The Hall–Kier alpha value is -0.760. The van der Waals surface area contributed by atoms with Gasteiger partial charge in [-0.1, -0.05) is 0 Å². The molecule has 3 nitrogen and oxygen atoms in total. The number of nitrogens with zero attached hydrogens (tertiary/aromatic N) is 1. The van der Waals surface area contributed by atoms with Gasteiger partial charge in [-0.3, -0.25) is 4.79 Å². The van der Waals surface area contributed by atoms with Gasteiger partial charge in [0.2, 0.25) is 0 Å². The Balaban J connectivity index is 2.21. The monoisotopic (exact) mass is 367 g/mol. The lowest BCUT2D eigenvalue weighted by Crippen LogP contribution is -2.40. The predicted octanol–water partition coefficient (Wildman–Crippen LogP) is 2.17. The van der Waals surface area contributed by atoms with Gasteiger partial charge in [-0.05, 0) is 41.5 Å². The van der Waals surface area contributed by atoms with Gasteiger partial charge in [0, 0.05) is 22.7 Å². The molecule has 2 rings (SSSR count). The summed E-state index contributed by atoms with van der Waals surface area (Å²) in [6.45, 7) is 0.792. The fourth-order valence-electron chi connectivity index (χ4n) is 1.93. The van der Waals surface area contributed by atoms with Crippen LogP contribution in [-0.4, -0.2) is 35.1 Å². The van der Waals surface area contributed by atoms with Crippen molar-refractivity contribution in [2.75, 3.05) is 13.1 Å². The Labute approximate surface area is 117 Å². The second-order valence-corrected chi connectivity index (χ2v) is 5.43. The minimum atomic E-state index is -0.843. The molecule has 0 atom stereocenters. The van der Waals surface area contributed by atoms with Gasteiger partial charge < -0.3 is 10.0 Å². The summed E-state index contributed by atoms with van der Waals surface area (Å²) in [7, 11) is 0. The highest BCUT2D eigenvalue weighted by atomic mass is 127. The van der Waals surface area contributed by atoms with Crippen LogP contribution in [0.4, 0.5) is 8.78 Å². The smallest absolute Gasteiger partial charge is 0.256 e. The fourth-order valence-corrected chi connectivity index (χ4v) is 2.39. The van der Waals surface area contributed by atoms with Crippen molar-refractivity contribution in [1.82, 2.24) is 4.90 Å². The normalized spacial score (nSPS) is 17.0. The number of carbonyl (C=O) groups excluding carboxylic acids is 1. The van der Waals surface area contributed by atoms with Gasteiger partial charge in [-0.2, -0.15) is 0 Å². The molecule has 6 heteroatoms. The first-order valence-electron chi connectivity index (χ1n) is 5.61. The zero-order valence-electron chi connectivity index (χ0n) is 9.50. The topological polar surface area (TPSA) is 40.5 Å². The first kappa shape index (κ1) is 13.7. The number of hydrogen-bond acceptors (Lipinski definition) is 2. The van der Waals surface area contributed by atoms with E-state index in [0.717, 1.165) is 6.07 Å². The minimum Gasteiger partial charge on any atom is -0.393 e. The third-order valence-electron chi connectivity index (χ3n) is 2.99. The van der Waals surface area contributed by atoms with Crippen molar-refractivity contribution in [3.05, 3.63) is 32.9 Å². The van der Waals surface area contributed by atoms with Crippen molar-refractivity contribution >= 4 is 28.5 Å². The van der Waals surface area contributed by atoms with E-state index in [1.807, 2.05) is 0 Å². The third-order valence-corrected chi connectivity index (χ3v) is 3.82. The number of likely N-dealkylation sites (tertiary alicyclic amines) is 1. The maximum absolute atomic E-state index is 13.6. The second-order valence-electron chi connectivity index (χ2n) is 4.27. The van der Waals surface area contributed by atoms with Gasteiger partial charge in [0.25, 0.3) is 5.91 Å². The van der Waals surface area contributed by atoms with E-state index in [-0.39, 0.29) is 9.13 Å². The molecule has 1 saturated heterocycles. The molecule has 0 aliphatic carbocycles. The molecule has 98 valence electrons. The maximum atomic E-state index is 13.6. The summed E-state index contributed by atoms with van der Waals surface area (Å²) in [4.78, 5) is 13.6. The molecule has 0 aromatic heterocycles. The van der Waals surface area contributed by atoms with E-state index in [1.54, 1.807) is 22.6 Å². The van der Waals surface area contributed by atoms with Crippen molar-refractivity contribution in [3.63, 3.8) is 0 Å². The quantitative estimate of drug-likeness (QED) is 0.611. The SMILES string of the molecule is O=C(c1cc(I)c(F)cc1F)N1CCC(O)CC1. The lowest BCUT2D eigenvalue weighted by atomic mass is 10.1. The molecule has 0 unspecified atom stereocenters. The molecule has 0 bridgehead atoms. The molecule has 18 heavy (non-hydrogen) atoms. The minimum absolute atomic E-state index is 0.114. The van der Waals surface area contributed by atoms with Crippen LogP contribution in [0.1, 0.15) is 23.2 Å². The number of amides is 1. The van der Waals surface area contributed by atoms with Crippen LogP contribution in [0.25, 0.3) is 0 Å². The van der Waals surface area contributed by atoms with Crippen LogP contribution in [0.15, 0.2) is 12.1 Å². The van der Waals surface area contributed by atoms with Crippen LogP contribution in [0, 0.1) is 15.2 Å². The lowest BCUT2D eigenvalue weighted by molar-refractivity contribution is 0.0542. The summed E-state index contributed by atoms with van der Waals surface area (Å²) in [5.41, 5.74) is -0.114. The number of carbonyl (C=O) groups is 1. The third kappa shape index (κ3) is 2.80. The molecule has 1 aliphatic heterocycles. The Morgan fingerprint density at radius 1 is 1.28 bits per heavy atom. The maximum Gasteiger partial charge on any atom is 0.256 e. The summed E-state index contributed by atoms with van der Waals surface area (Å²) in [5.74, 6) is -1.96. The number of rotatable bonds is 1. The molecule has 1 aliphatic rings. The molecule has 1 aromatic carbocycles. The lowest BCUT2D eigenvalue weighted by Gasteiger charge is -2.29. The highest BCUT2D eigenvalue weighted by molar-refractivity contribution is 14.1. The molecular formula is C12H12F2INO2. The van der Waals surface area contributed by atoms with E-state index in [2.05, 4.69) is 0 Å². The number of aliphatic hydroxyl groups is 1. The molecule has 0 radical (unpaired) electrons. The number of benzene rings is 1. The van der Waals surface area contributed by atoms with Crippen molar-refractivity contribution in [3.8, 4) is 0 Å². The summed E-state index contributed by atoms with van der Waals surface area (Å²) in [6, 6.07) is 1.95. The molecule has 1 N–H and O–H groups in total. The number of piperidine rings is 1. The van der Waals surface area contributed by atoms with Crippen LogP contribution in [0.5, 0.6) is 0 Å². The van der Waals surface area contributed by atoms with E-state index in [4.69, 9.17) is 0 Å². The summed E-state index contributed by atoms with van der Waals surface area (Å²) >= 11 is 1.72. The van der Waals surface area contributed by atoms with Crippen LogP contribution < -0.4 is 0 Å². The van der Waals surface area contributed by atoms with Crippen LogP contribution in [-0.2, 0) is 0 Å². The fraction of sp³-hybridized carbons (Fsp3) is 0.417. The first-order chi connectivity index (χ1) is 8.49. The van der Waals surface area contributed by atoms with E-state index in [9.17, 15) is 18.7 Å². The van der Waals surface area contributed by atoms with Crippen LogP contribution in [0.3, 0.4) is 0 Å². The van der Waals surface area contributed by atoms with Gasteiger partial charge in [-0.25, -0.2) is 8.78 Å². The standard InChI is InChI=1S/C12H12F2INO2/c13-9-6-10(14)11(15)5-8(9)12(18)16-3-1-7(17)2-4-16/h5-7,17H,1-4H2. The van der Waals surface area contributed by atoms with Crippen molar-refractivity contribution in [1.29, 1.82) is 0 Å². The van der Waals surface area contributed by atoms with E-state index in [1.165, 1.54) is 11.0 Å². The molecule has 1 amide bonds. The van der Waals surface area contributed by atoms with Crippen LogP contribution >= 0.6 is 22.6 Å². The Morgan fingerprint density at radius 2 is 1.89 bits per heavy atom. The van der Waals surface area contributed by atoms with Gasteiger partial charge >= 0.3 is 0 Å². The summed E-state index contributed by atoms with van der Waals surface area (Å²) in [6.07, 6.45) is 0.587. The highest BCUT2D eigenvalue weighted by Crippen LogP contribution is 2.20. The molecule has 1 heterocycles. The average Bonchev–Trinajstić information content (AvgIpc) is 2.34. The van der Waals surface area contributed by atoms with E-state index in [0.29, 0.717) is 25.9 Å². The van der Waals surface area contributed by atoms with Gasteiger partial charge in [0.15, 0.2) is 0 Å². The Kier molecular flexibility index (Phi) is 4.16. The number of halogens is 3. The van der Waals surface area contributed by atoms with Crippen molar-refractivity contribution in [2.24, 2.45) is 0 Å². The highest BCUT2D eigenvalue weighted by Gasteiger charge is 2.25. The average molecular weight is 367 g/mol. The zero-order valence-corrected chi connectivity index (χ0v) is 11.7. The molecule has 0 saturated carbocycles.